The van der Waals surface area contributed by atoms with Crippen LogP contribution in [0, 0.1) is 5.92 Å². The molecule has 0 heterocycles. The minimum atomic E-state index is -1.12. The molecule has 2 nitrogen and oxygen atoms in total. The van der Waals surface area contributed by atoms with Gasteiger partial charge in [-0.25, -0.2) is 0 Å². The first kappa shape index (κ1) is 10.6. The second kappa shape index (κ2) is 3.86. The normalized spacial score (nSPS) is 19.0. The predicted octanol–water partition coefficient (Wildman–Crippen LogP) is 1.76. The lowest BCUT2D eigenvalue weighted by atomic mass is 9.88. The summed E-state index contributed by atoms with van der Waals surface area (Å²) in [4.78, 5) is 11.4. The van der Waals surface area contributed by atoms with Crippen LogP contribution in [0.5, 0.6) is 0 Å². The van der Waals surface area contributed by atoms with Crippen molar-refractivity contribution in [1.29, 1.82) is 0 Å². The summed E-state index contributed by atoms with van der Waals surface area (Å²) in [6.07, 6.45) is 1.30. The Balaban J connectivity index is 4.23. The third-order valence-electron chi connectivity index (χ3n) is 2.28. The molecule has 0 saturated heterocycles. The number of ketones is 1. The molecule has 0 saturated carbocycles. The van der Waals surface area contributed by atoms with Crippen molar-refractivity contribution in [3.63, 3.8) is 0 Å². The van der Waals surface area contributed by atoms with Crippen LogP contribution in [0.1, 0.15) is 40.5 Å². The van der Waals surface area contributed by atoms with Crippen molar-refractivity contribution in [3.05, 3.63) is 0 Å². The highest BCUT2D eigenvalue weighted by Gasteiger charge is 2.30. The topological polar surface area (TPSA) is 37.3 Å². The SMILES string of the molecule is CCC(C)C(=O)C(C)(O)CC. The van der Waals surface area contributed by atoms with E-state index in [1.165, 1.54) is 0 Å². The van der Waals surface area contributed by atoms with Gasteiger partial charge in [-0.15, -0.1) is 0 Å². The highest BCUT2D eigenvalue weighted by atomic mass is 16.3. The molecule has 2 atom stereocenters. The summed E-state index contributed by atoms with van der Waals surface area (Å²) in [7, 11) is 0. The molecule has 0 aromatic carbocycles. The average molecular weight is 158 g/mol. The van der Waals surface area contributed by atoms with E-state index in [0.717, 1.165) is 6.42 Å². The van der Waals surface area contributed by atoms with Gasteiger partial charge < -0.3 is 5.11 Å². The number of carbonyl (C=O) groups excluding carboxylic acids is 1. The van der Waals surface area contributed by atoms with Crippen LogP contribution in [0.15, 0.2) is 0 Å². The van der Waals surface area contributed by atoms with Gasteiger partial charge in [0.1, 0.15) is 5.60 Å². The Morgan fingerprint density at radius 3 is 2.27 bits per heavy atom. The standard InChI is InChI=1S/C9H18O2/c1-5-7(3)8(10)9(4,11)6-2/h7,11H,5-6H2,1-4H3. The van der Waals surface area contributed by atoms with Crippen LogP contribution >= 0.6 is 0 Å². The second-order valence-electron chi connectivity index (χ2n) is 3.30. The van der Waals surface area contributed by atoms with Crippen molar-refractivity contribution in [2.75, 3.05) is 0 Å². The number of Topliss-reactive ketones (excluding diaryl/α,β-unsaturated/α-hetero) is 1. The molecule has 0 aliphatic rings. The minimum absolute atomic E-state index is 0.0232. The van der Waals surface area contributed by atoms with Crippen LogP contribution in [0.2, 0.25) is 0 Å². The van der Waals surface area contributed by atoms with Crippen molar-refractivity contribution >= 4 is 5.78 Å². The third kappa shape index (κ3) is 2.62. The maximum atomic E-state index is 11.4. The molecular weight excluding hydrogens is 140 g/mol. The van der Waals surface area contributed by atoms with E-state index in [4.69, 9.17) is 0 Å². The van der Waals surface area contributed by atoms with E-state index < -0.39 is 5.60 Å². The fraction of sp³-hybridized carbons (Fsp3) is 0.889. The van der Waals surface area contributed by atoms with E-state index in [1.807, 2.05) is 20.8 Å². The van der Waals surface area contributed by atoms with Gasteiger partial charge in [-0.2, -0.15) is 0 Å². The van der Waals surface area contributed by atoms with Gasteiger partial charge in [-0.1, -0.05) is 20.8 Å². The largest absolute Gasteiger partial charge is 0.382 e. The smallest absolute Gasteiger partial charge is 0.166 e. The van der Waals surface area contributed by atoms with Crippen molar-refractivity contribution in [2.24, 2.45) is 5.92 Å². The van der Waals surface area contributed by atoms with Crippen LogP contribution in [0.3, 0.4) is 0 Å². The molecule has 66 valence electrons. The molecule has 0 fully saturated rings. The Morgan fingerprint density at radius 1 is 1.55 bits per heavy atom. The summed E-state index contributed by atoms with van der Waals surface area (Å²) >= 11 is 0. The van der Waals surface area contributed by atoms with E-state index in [-0.39, 0.29) is 11.7 Å². The van der Waals surface area contributed by atoms with Gasteiger partial charge >= 0.3 is 0 Å². The summed E-state index contributed by atoms with van der Waals surface area (Å²) in [5, 5.41) is 9.54. The zero-order valence-electron chi connectivity index (χ0n) is 7.85. The summed E-state index contributed by atoms with van der Waals surface area (Å²) in [5.41, 5.74) is -1.12. The summed E-state index contributed by atoms with van der Waals surface area (Å²) in [6.45, 7) is 7.21. The first-order chi connectivity index (χ1) is 4.95. The predicted molar refractivity (Wildman–Crippen MR) is 45.4 cm³/mol. The molecule has 0 spiro atoms. The number of rotatable bonds is 4. The van der Waals surface area contributed by atoms with Crippen LogP contribution in [-0.2, 0) is 4.79 Å². The van der Waals surface area contributed by atoms with Gasteiger partial charge in [0.15, 0.2) is 5.78 Å². The molecule has 0 radical (unpaired) electrons. The summed E-state index contributed by atoms with van der Waals surface area (Å²) in [5.74, 6) is -0.0625. The molecule has 2 unspecified atom stereocenters. The molecule has 0 aliphatic carbocycles. The van der Waals surface area contributed by atoms with Gasteiger partial charge in [0, 0.05) is 5.92 Å². The first-order valence-electron chi connectivity index (χ1n) is 4.22. The molecule has 0 bridgehead atoms. The summed E-state index contributed by atoms with van der Waals surface area (Å²) < 4.78 is 0. The van der Waals surface area contributed by atoms with Crippen molar-refractivity contribution < 1.29 is 9.90 Å². The van der Waals surface area contributed by atoms with Crippen molar-refractivity contribution in [1.82, 2.24) is 0 Å². The molecule has 2 heteroatoms. The molecule has 0 aromatic heterocycles. The maximum Gasteiger partial charge on any atom is 0.166 e. The average Bonchev–Trinajstić information content (AvgIpc) is 2.01. The van der Waals surface area contributed by atoms with Crippen molar-refractivity contribution in [2.45, 2.75) is 46.1 Å². The molecule has 0 amide bonds. The number of aliphatic hydroxyl groups is 1. The van der Waals surface area contributed by atoms with E-state index in [2.05, 4.69) is 0 Å². The molecule has 0 aromatic rings. The Hall–Kier alpha value is -0.370. The third-order valence-corrected chi connectivity index (χ3v) is 2.28. The number of hydrogen-bond donors (Lipinski definition) is 1. The first-order valence-corrected chi connectivity index (χ1v) is 4.22. The number of carbonyl (C=O) groups is 1. The van der Waals surface area contributed by atoms with E-state index in [9.17, 15) is 9.90 Å². The fourth-order valence-corrected chi connectivity index (χ4v) is 0.890. The second-order valence-corrected chi connectivity index (χ2v) is 3.30. The highest BCUT2D eigenvalue weighted by molar-refractivity contribution is 5.88. The highest BCUT2D eigenvalue weighted by Crippen LogP contribution is 2.17. The van der Waals surface area contributed by atoms with Crippen LogP contribution in [-0.4, -0.2) is 16.5 Å². The molecule has 1 N–H and O–H groups in total. The Kier molecular flexibility index (Phi) is 3.73. The lowest BCUT2D eigenvalue weighted by Gasteiger charge is -2.22. The van der Waals surface area contributed by atoms with Gasteiger partial charge in [0.05, 0.1) is 0 Å². The maximum absolute atomic E-state index is 11.4. The minimum Gasteiger partial charge on any atom is -0.382 e. The van der Waals surface area contributed by atoms with Crippen LogP contribution in [0.25, 0.3) is 0 Å². The zero-order valence-corrected chi connectivity index (χ0v) is 7.85. The summed E-state index contributed by atoms with van der Waals surface area (Å²) in [6, 6.07) is 0. The lowest BCUT2D eigenvalue weighted by Crippen LogP contribution is -2.38. The molecule has 0 aliphatic heterocycles. The number of hydrogen-bond acceptors (Lipinski definition) is 2. The van der Waals surface area contributed by atoms with Gasteiger partial charge in [-0.3, -0.25) is 4.79 Å². The van der Waals surface area contributed by atoms with E-state index in [1.54, 1.807) is 6.92 Å². The Bertz CT molecular complexity index is 138. The zero-order chi connectivity index (χ0) is 9.07. The van der Waals surface area contributed by atoms with E-state index in [0.29, 0.717) is 6.42 Å². The molecule has 0 rings (SSSR count). The monoisotopic (exact) mass is 158 g/mol. The van der Waals surface area contributed by atoms with Crippen LogP contribution < -0.4 is 0 Å². The van der Waals surface area contributed by atoms with Crippen LogP contribution in [0.4, 0.5) is 0 Å². The van der Waals surface area contributed by atoms with E-state index >= 15 is 0 Å². The molecular formula is C9H18O2. The fourth-order valence-electron chi connectivity index (χ4n) is 0.890. The van der Waals surface area contributed by atoms with Gasteiger partial charge in [-0.05, 0) is 19.8 Å². The molecule has 11 heavy (non-hydrogen) atoms. The lowest BCUT2D eigenvalue weighted by molar-refractivity contribution is -0.139. The Morgan fingerprint density at radius 2 is 2.00 bits per heavy atom. The quantitative estimate of drug-likeness (QED) is 0.677. The van der Waals surface area contributed by atoms with Crippen molar-refractivity contribution in [3.8, 4) is 0 Å². The van der Waals surface area contributed by atoms with Gasteiger partial charge in [0.2, 0.25) is 0 Å². The van der Waals surface area contributed by atoms with Gasteiger partial charge in [0.25, 0.3) is 0 Å². The Labute approximate surface area is 68.6 Å².